The third-order valence-corrected chi connectivity index (χ3v) is 1.48. The molecule has 0 rings (SSSR count). The normalized spacial score (nSPS) is 12.5. The lowest BCUT2D eigenvalue weighted by Crippen LogP contribution is -2.21. The van der Waals surface area contributed by atoms with E-state index in [1.807, 2.05) is 7.05 Å². The molecule has 0 aromatic carbocycles. The van der Waals surface area contributed by atoms with Gasteiger partial charge in [-0.15, -0.1) is 0 Å². The van der Waals surface area contributed by atoms with E-state index in [4.69, 9.17) is 0 Å². The Morgan fingerprint density at radius 1 is 1.18 bits per heavy atom. The van der Waals surface area contributed by atoms with Crippen molar-refractivity contribution in [2.45, 2.75) is 33.7 Å². The van der Waals surface area contributed by atoms with Crippen molar-refractivity contribution in [3.63, 3.8) is 0 Å². The molecule has 0 radical (unpaired) electrons. The molecule has 0 aromatic heterocycles. The van der Waals surface area contributed by atoms with E-state index in [-0.39, 0.29) is 0 Å². The Morgan fingerprint density at radius 3 is 2.00 bits per heavy atom. The summed E-state index contributed by atoms with van der Waals surface area (Å²) < 4.78 is 0. The van der Waals surface area contributed by atoms with Crippen LogP contribution in [0.4, 0.5) is 0 Å². The summed E-state index contributed by atoms with van der Waals surface area (Å²) in [6, 6.07) is 0.511. The SMILES string of the molecule is CN/C(=C\NC(C)C)C(C)C. The standard InChI is InChI=1S/C9H20N2/c1-7(2)9(10-5)6-11-8(3)4/h6-8,10-11H,1-5H3/b9-6-. The minimum Gasteiger partial charge on any atom is -0.390 e. The Hall–Kier alpha value is -0.660. The van der Waals surface area contributed by atoms with Crippen molar-refractivity contribution in [1.29, 1.82) is 0 Å². The van der Waals surface area contributed by atoms with E-state index in [2.05, 4.69) is 44.5 Å². The minimum absolute atomic E-state index is 0.511. The molecule has 66 valence electrons. The highest BCUT2D eigenvalue weighted by atomic mass is 14.9. The van der Waals surface area contributed by atoms with Crippen LogP contribution in [0.1, 0.15) is 27.7 Å². The monoisotopic (exact) mass is 156 g/mol. The van der Waals surface area contributed by atoms with E-state index in [1.165, 1.54) is 5.70 Å². The molecule has 0 fully saturated rings. The summed E-state index contributed by atoms with van der Waals surface area (Å²) in [6.07, 6.45) is 2.05. The Morgan fingerprint density at radius 2 is 1.73 bits per heavy atom. The highest BCUT2D eigenvalue weighted by Crippen LogP contribution is 2.02. The van der Waals surface area contributed by atoms with Gasteiger partial charge in [0, 0.05) is 25.0 Å². The van der Waals surface area contributed by atoms with E-state index in [1.54, 1.807) is 0 Å². The maximum atomic E-state index is 3.25. The van der Waals surface area contributed by atoms with Gasteiger partial charge in [-0.25, -0.2) is 0 Å². The van der Waals surface area contributed by atoms with Gasteiger partial charge in [0.15, 0.2) is 0 Å². The molecule has 0 amide bonds. The Kier molecular flexibility index (Phi) is 4.75. The minimum atomic E-state index is 0.511. The van der Waals surface area contributed by atoms with E-state index < -0.39 is 0 Å². The highest BCUT2D eigenvalue weighted by molar-refractivity contribution is 5.00. The smallest absolute Gasteiger partial charge is 0.0289 e. The fourth-order valence-electron chi connectivity index (χ4n) is 0.784. The summed E-state index contributed by atoms with van der Waals surface area (Å²) in [4.78, 5) is 0. The van der Waals surface area contributed by atoms with Crippen LogP contribution in [0.25, 0.3) is 0 Å². The summed E-state index contributed by atoms with van der Waals surface area (Å²) in [7, 11) is 1.95. The first-order valence-corrected chi connectivity index (χ1v) is 4.21. The quantitative estimate of drug-likeness (QED) is 0.647. The van der Waals surface area contributed by atoms with Crippen LogP contribution in [0.2, 0.25) is 0 Å². The number of rotatable bonds is 4. The summed E-state index contributed by atoms with van der Waals surface area (Å²) in [6.45, 7) is 8.60. The van der Waals surface area contributed by atoms with Crippen LogP contribution >= 0.6 is 0 Å². The molecule has 2 N–H and O–H groups in total. The predicted molar refractivity (Wildman–Crippen MR) is 50.3 cm³/mol. The lowest BCUT2D eigenvalue weighted by molar-refractivity contribution is 0.648. The molecule has 0 saturated carbocycles. The average Bonchev–Trinajstić information content (AvgIpc) is 1.87. The molecule has 0 aliphatic heterocycles. The summed E-state index contributed by atoms with van der Waals surface area (Å²) >= 11 is 0. The molecule has 2 nitrogen and oxygen atoms in total. The number of hydrogen-bond donors (Lipinski definition) is 2. The molecule has 0 spiro atoms. The maximum Gasteiger partial charge on any atom is 0.0289 e. The molecule has 0 aliphatic carbocycles. The van der Waals surface area contributed by atoms with Crippen molar-refractivity contribution >= 4 is 0 Å². The van der Waals surface area contributed by atoms with Crippen LogP contribution in [0.3, 0.4) is 0 Å². The molecular weight excluding hydrogens is 136 g/mol. The summed E-state index contributed by atoms with van der Waals surface area (Å²) in [5, 5.41) is 6.41. The van der Waals surface area contributed by atoms with Gasteiger partial charge in [0.2, 0.25) is 0 Å². The van der Waals surface area contributed by atoms with Gasteiger partial charge in [0.05, 0.1) is 0 Å². The molecule has 0 atom stereocenters. The molecule has 2 heteroatoms. The molecule has 0 saturated heterocycles. The Balaban J connectivity index is 3.91. The van der Waals surface area contributed by atoms with Crippen molar-refractivity contribution < 1.29 is 0 Å². The van der Waals surface area contributed by atoms with Crippen molar-refractivity contribution in [2.24, 2.45) is 5.92 Å². The topological polar surface area (TPSA) is 24.1 Å². The molecule has 11 heavy (non-hydrogen) atoms. The number of nitrogens with one attached hydrogen (secondary N) is 2. The van der Waals surface area contributed by atoms with Gasteiger partial charge in [0.25, 0.3) is 0 Å². The largest absolute Gasteiger partial charge is 0.390 e. The van der Waals surface area contributed by atoms with Crippen molar-refractivity contribution in [3.8, 4) is 0 Å². The molecule has 0 aliphatic rings. The van der Waals surface area contributed by atoms with Crippen LogP contribution in [0.15, 0.2) is 11.9 Å². The first-order valence-electron chi connectivity index (χ1n) is 4.21. The maximum absolute atomic E-state index is 3.25. The second kappa shape index (κ2) is 5.05. The van der Waals surface area contributed by atoms with Crippen LogP contribution < -0.4 is 10.6 Å². The van der Waals surface area contributed by atoms with Gasteiger partial charge in [-0.3, -0.25) is 0 Å². The second-order valence-corrected chi connectivity index (χ2v) is 3.33. The number of allylic oxidation sites excluding steroid dienone is 1. The van der Waals surface area contributed by atoms with Gasteiger partial charge in [-0.2, -0.15) is 0 Å². The Labute approximate surface area is 70.1 Å². The van der Waals surface area contributed by atoms with Gasteiger partial charge >= 0.3 is 0 Å². The van der Waals surface area contributed by atoms with Gasteiger partial charge in [0.1, 0.15) is 0 Å². The first-order chi connectivity index (χ1) is 5.07. The fourth-order valence-corrected chi connectivity index (χ4v) is 0.784. The average molecular weight is 156 g/mol. The summed E-state index contributed by atoms with van der Waals surface area (Å²) in [5.41, 5.74) is 1.25. The zero-order chi connectivity index (χ0) is 8.85. The molecule has 0 bridgehead atoms. The van der Waals surface area contributed by atoms with Gasteiger partial charge in [-0.05, 0) is 19.8 Å². The van der Waals surface area contributed by atoms with Crippen molar-refractivity contribution in [3.05, 3.63) is 11.9 Å². The van der Waals surface area contributed by atoms with Crippen LogP contribution in [-0.2, 0) is 0 Å². The van der Waals surface area contributed by atoms with E-state index in [0.717, 1.165) is 0 Å². The van der Waals surface area contributed by atoms with Crippen LogP contribution in [-0.4, -0.2) is 13.1 Å². The van der Waals surface area contributed by atoms with Gasteiger partial charge in [-0.1, -0.05) is 13.8 Å². The third kappa shape index (κ3) is 4.71. The second-order valence-electron chi connectivity index (χ2n) is 3.33. The molecular formula is C9H20N2. The third-order valence-electron chi connectivity index (χ3n) is 1.48. The zero-order valence-corrected chi connectivity index (χ0v) is 8.23. The van der Waals surface area contributed by atoms with E-state index in [9.17, 15) is 0 Å². The molecule has 0 heterocycles. The highest BCUT2D eigenvalue weighted by Gasteiger charge is 1.98. The van der Waals surface area contributed by atoms with E-state index in [0.29, 0.717) is 12.0 Å². The molecule has 0 aromatic rings. The number of hydrogen-bond acceptors (Lipinski definition) is 2. The first kappa shape index (κ1) is 10.3. The molecule has 0 unspecified atom stereocenters. The fraction of sp³-hybridized carbons (Fsp3) is 0.778. The van der Waals surface area contributed by atoms with Crippen molar-refractivity contribution in [1.82, 2.24) is 10.6 Å². The lowest BCUT2D eigenvalue weighted by atomic mass is 10.1. The summed E-state index contributed by atoms with van der Waals surface area (Å²) in [5.74, 6) is 0.561. The predicted octanol–water partition coefficient (Wildman–Crippen LogP) is 1.70. The lowest BCUT2D eigenvalue weighted by Gasteiger charge is -2.12. The zero-order valence-electron chi connectivity index (χ0n) is 8.23. The van der Waals surface area contributed by atoms with Crippen LogP contribution in [0, 0.1) is 5.92 Å². The van der Waals surface area contributed by atoms with Crippen LogP contribution in [0.5, 0.6) is 0 Å². The van der Waals surface area contributed by atoms with Crippen molar-refractivity contribution in [2.75, 3.05) is 7.05 Å². The van der Waals surface area contributed by atoms with E-state index >= 15 is 0 Å². The van der Waals surface area contributed by atoms with Gasteiger partial charge < -0.3 is 10.6 Å². The Bertz CT molecular complexity index is 126.